The average molecular weight is 535 g/mol. The Kier molecular flexibility index (Phi) is 10.4. The van der Waals surface area contributed by atoms with Crippen LogP contribution in [0.4, 0.5) is 0 Å². The van der Waals surface area contributed by atoms with Crippen LogP contribution >= 0.6 is 0 Å². The summed E-state index contributed by atoms with van der Waals surface area (Å²) in [6, 6.07) is 14.3. The molecule has 2 aromatic rings. The zero-order valence-electron chi connectivity index (χ0n) is 23.0. The van der Waals surface area contributed by atoms with Crippen LogP contribution in [-0.4, -0.2) is 54.4 Å². The molecular weight excluding hydrogens is 492 g/mol. The lowest BCUT2D eigenvalue weighted by atomic mass is 9.94. The van der Waals surface area contributed by atoms with E-state index >= 15 is 0 Å². The van der Waals surface area contributed by atoms with Gasteiger partial charge in [-0.2, -0.15) is 0 Å². The molecule has 0 aromatic heterocycles. The van der Waals surface area contributed by atoms with Crippen molar-refractivity contribution in [3.63, 3.8) is 0 Å². The molecule has 2 aromatic carbocycles. The van der Waals surface area contributed by atoms with E-state index in [0.717, 1.165) is 54.8 Å². The highest BCUT2D eigenvalue weighted by molar-refractivity contribution is 5.89. The van der Waals surface area contributed by atoms with Crippen molar-refractivity contribution >= 4 is 17.7 Å². The maximum Gasteiger partial charge on any atom is 0.242 e. The Labute approximate surface area is 231 Å². The molecule has 4 rings (SSSR count). The molecule has 0 spiro atoms. The number of nitrogens with two attached hydrogens (primary N) is 1. The first kappa shape index (κ1) is 28.6. The predicted octanol–water partition coefficient (Wildman–Crippen LogP) is 3.25. The fraction of sp³-hybridized carbons (Fsp3) is 0.516. The molecule has 1 fully saturated rings. The van der Waals surface area contributed by atoms with Crippen LogP contribution in [0.2, 0.25) is 0 Å². The SMILES string of the molecule is Cc1ccc2cc1CNC(=O)C(CCc1ccccc1)NC(=O)[C@@H](N)CCCC(=O)N1CCCC(CCO2)C1. The second-order valence-electron chi connectivity index (χ2n) is 10.9. The van der Waals surface area contributed by atoms with Crippen LogP contribution in [0.25, 0.3) is 0 Å². The number of nitrogens with zero attached hydrogens (tertiary/aromatic N) is 1. The van der Waals surface area contributed by atoms with Gasteiger partial charge in [0.25, 0.3) is 0 Å². The van der Waals surface area contributed by atoms with Gasteiger partial charge in [0.15, 0.2) is 0 Å². The van der Waals surface area contributed by atoms with Crippen LogP contribution in [0.3, 0.4) is 0 Å². The number of aryl methyl sites for hydroxylation is 2. The van der Waals surface area contributed by atoms with Crippen molar-refractivity contribution in [3.8, 4) is 5.75 Å². The Morgan fingerprint density at radius 2 is 1.82 bits per heavy atom. The highest BCUT2D eigenvalue weighted by atomic mass is 16.5. The second-order valence-corrected chi connectivity index (χ2v) is 10.9. The smallest absolute Gasteiger partial charge is 0.242 e. The van der Waals surface area contributed by atoms with Gasteiger partial charge in [-0.3, -0.25) is 14.4 Å². The molecule has 39 heavy (non-hydrogen) atoms. The molecule has 0 saturated carbocycles. The van der Waals surface area contributed by atoms with Gasteiger partial charge in [-0.05, 0) is 86.6 Å². The van der Waals surface area contributed by atoms with Crippen molar-refractivity contribution in [2.75, 3.05) is 19.7 Å². The fourth-order valence-corrected chi connectivity index (χ4v) is 5.37. The van der Waals surface area contributed by atoms with Gasteiger partial charge in [-0.25, -0.2) is 0 Å². The summed E-state index contributed by atoms with van der Waals surface area (Å²) < 4.78 is 6.08. The van der Waals surface area contributed by atoms with Crippen LogP contribution in [-0.2, 0) is 27.3 Å². The normalized spacial score (nSPS) is 23.8. The highest BCUT2D eigenvalue weighted by Gasteiger charge is 2.26. The number of rotatable bonds is 3. The van der Waals surface area contributed by atoms with Crippen molar-refractivity contribution in [2.24, 2.45) is 11.7 Å². The van der Waals surface area contributed by atoms with Crippen molar-refractivity contribution in [1.29, 1.82) is 0 Å². The number of hydrogen-bond acceptors (Lipinski definition) is 5. The van der Waals surface area contributed by atoms with Crippen LogP contribution in [0.15, 0.2) is 48.5 Å². The number of ether oxygens (including phenoxy) is 1. The van der Waals surface area contributed by atoms with Crippen molar-refractivity contribution in [2.45, 2.75) is 76.9 Å². The van der Waals surface area contributed by atoms with E-state index in [1.165, 1.54) is 0 Å². The van der Waals surface area contributed by atoms with Crippen LogP contribution in [0.1, 0.15) is 61.6 Å². The van der Waals surface area contributed by atoms with E-state index in [-0.39, 0.29) is 17.7 Å². The Balaban J connectivity index is 1.49. The fourth-order valence-electron chi connectivity index (χ4n) is 5.37. The molecule has 0 radical (unpaired) electrons. The van der Waals surface area contributed by atoms with E-state index in [4.69, 9.17) is 10.5 Å². The van der Waals surface area contributed by atoms with E-state index in [2.05, 4.69) is 10.6 Å². The zero-order valence-corrected chi connectivity index (χ0v) is 23.0. The summed E-state index contributed by atoms with van der Waals surface area (Å²) in [5.74, 6) is 0.685. The average Bonchev–Trinajstić information content (AvgIpc) is 2.95. The number of carbonyl (C=O) groups excluding carboxylic acids is 3. The zero-order chi connectivity index (χ0) is 27.6. The first-order chi connectivity index (χ1) is 18.9. The van der Waals surface area contributed by atoms with Gasteiger partial charge in [0.05, 0.1) is 12.6 Å². The Morgan fingerprint density at radius 3 is 2.64 bits per heavy atom. The maximum atomic E-state index is 13.3. The lowest BCUT2D eigenvalue weighted by Crippen LogP contribution is -2.51. The minimum Gasteiger partial charge on any atom is -0.494 e. The Morgan fingerprint density at radius 1 is 1.00 bits per heavy atom. The molecule has 8 nitrogen and oxygen atoms in total. The summed E-state index contributed by atoms with van der Waals surface area (Å²) in [7, 11) is 0. The van der Waals surface area contributed by atoms with Gasteiger partial charge in [0.1, 0.15) is 11.8 Å². The third-order valence-electron chi connectivity index (χ3n) is 7.88. The number of amides is 3. The molecule has 1 saturated heterocycles. The van der Waals surface area contributed by atoms with E-state index < -0.39 is 12.1 Å². The number of carbonyl (C=O) groups is 3. The van der Waals surface area contributed by atoms with E-state index in [9.17, 15) is 14.4 Å². The largest absolute Gasteiger partial charge is 0.494 e. The predicted molar refractivity (Wildman–Crippen MR) is 151 cm³/mol. The number of fused-ring (bicyclic) bond motifs is 4. The summed E-state index contributed by atoms with van der Waals surface area (Å²) in [5, 5.41) is 5.89. The van der Waals surface area contributed by atoms with Gasteiger partial charge in [0.2, 0.25) is 17.7 Å². The lowest BCUT2D eigenvalue weighted by Gasteiger charge is -2.33. The second kappa shape index (κ2) is 14.1. The molecule has 3 amide bonds. The van der Waals surface area contributed by atoms with E-state index in [0.29, 0.717) is 51.2 Å². The van der Waals surface area contributed by atoms with Gasteiger partial charge in [-0.1, -0.05) is 36.4 Å². The van der Waals surface area contributed by atoms with Crippen molar-refractivity contribution in [1.82, 2.24) is 15.5 Å². The number of nitrogens with one attached hydrogen (secondary N) is 2. The van der Waals surface area contributed by atoms with Crippen LogP contribution in [0, 0.1) is 12.8 Å². The standard InChI is InChI=1S/C31H42N4O4/c1-22-12-14-26-19-25(22)20-33-31(38)28(15-13-23-7-3-2-4-8-23)34-30(37)27(32)10-5-11-29(36)35-17-6-9-24(21-35)16-18-39-26/h2-4,7-8,12,14,19,24,27-28H,5-6,9-11,13,15-18,20-21,32H2,1H3,(H,33,38)(H,34,37)/t24?,27-,28?/m0/s1. The quantitative estimate of drug-likeness (QED) is 0.560. The molecular formula is C31H42N4O4. The van der Waals surface area contributed by atoms with E-state index in [1.807, 2.05) is 60.4 Å². The summed E-state index contributed by atoms with van der Waals surface area (Å²) in [6.07, 6.45) is 5.36. The lowest BCUT2D eigenvalue weighted by molar-refractivity contribution is -0.133. The number of piperidine rings is 1. The van der Waals surface area contributed by atoms with Gasteiger partial charge in [0, 0.05) is 26.1 Å². The molecule has 4 bridgehead atoms. The third-order valence-corrected chi connectivity index (χ3v) is 7.88. The Bertz CT molecular complexity index is 1120. The summed E-state index contributed by atoms with van der Waals surface area (Å²) in [4.78, 5) is 41.1. The highest BCUT2D eigenvalue weighted by Crippen LogP contribution is 2.23. The summed E-state index contributed by atoms with van der Waals surface area (Å²) >= 11 is 0. The first-order valence-corrected chi connectivity index (χ1v) is 14.3. The number of benzene rings is 2. The van der Waals surface area contributed by atoms with Crippen molar-refractivity contribution in [3.05, 3.63) is 65.2 Å². The van der Waals surface area contributed by atoms with Gasteiger partial charge >= 0.3 is 0 Å². The van der Waals surface area contributed by atoms with Gasteiger partial charge in [-0.15, -0.1) is 0 Å². The minimum absolute atomic E-state index is 0.117. The van der Waals surface area contributed by atoms with Crippen LogP contribution in [0.5, 0.6) is 5.75 Å². The maximum absolute atomic E-state index is 13.3. The molecule has 210 valence electrons. The topological polar surface area (TPSA) is 114 Å². The van der Waals surface area contributed by atoms with Crippen LogP contribution < -0.4 is 21.1 Å². The minimum atomic E-state index is -0.777. The molecule has 0 aliphatic carbocycles. The summed E-state index contributed by atoms with van der Waals surface area (Å²) in [5.41, 5.74) is 9.32. The number of hydrogen-bond donors (Lipinski definition) is 3. The summed E-state index contributed by atoms with van der Waals surface area (Å²) in [6.45, 7) is 4.46. The molecule has 8 heteroatoms. The molecule has 2 aliphatic rings. The molecule has 2 unspecified atom stereocenters. The molecule has 3 atom stereocenters. The first-order valence-electron chi connectivity index (χ1n) is 14.3. The van der Waals surface area contributed by atoms with Crippen molar-refractivity contribution < 1.29 is 19.1 Å². The van der Waals surface area contributed by atoms with E-state index in [1.54, 1.807) is 0 Å². The monoisotopic (exact) mass is 534 g/mol. The molecule has 2 aliphatic heterocycles. The third kappa shape index (κ3) is 8.55. The molecule has 4 N–H and O–H groups in total. The molecule has 2 heterocycles. The Hall–Kier alpha value is -3.39. The van der Waals surface area contributed by atoms with Gasteiger partial charge < -0.3 is 26.0 Å².